The summed E-state index contributed by atoms with van der Waals surface area (Å²) >= 11 is 8.27. The zero-order valence-corrected chi connectivity index (χ0v) is 85.1. The fourth-order valence-electron chi connectivity index (χ4n) is 15.1. The van der Waals surface area contributed by atoms with Crippen molar-refractivity contribution in [2.45, 2.75) is 13.8 Å². The molecule has 0 aliphatic rings. The number of para-hydroxylation sites is 1. The van der Waals surface area contributed by atoms with E-state index < -0.39 is 0 Å². The van der Waals surface area contributed by atoms with Crippen molar-refractivity contribution < 1.29 is 98.5 Å². The Balaban J connectivity index is 0.000000134. The molecular formula is C114H76Cl4N8O5Pt4S. The molecule has 0 spiro atoms. The van der Waals surface area contributed by atoms with Gasteiger partial charge in [-0.25, -0.2) is 19.9 Å². The first-order valence-corrected chi connectivity index (χ1v) is 54.3. The number of halogens is 4. The number of aryl methyl sites for hydroxylation is 2. The van der Waals surface area contributed by atoms with Crippen molar-refractivity contribution in [2.75, 3.05) is 0 Å². The SMILES string of the molecule is Cc1cc(-c2ccccc2)cc(C)c1-c1cccc(-c2[c-]c(Oc3ccccn3)ccc2)n1.[Cl][Pt+].[Cl][Pt+].[Cl][Pt+].[Cl][Pt+].[c-]1c(Oc2ccccn2)cccc1-c1cccc(-c2ccc(-c3ccccc3)cc2)n1.[c-]1c(Oc2ccccn2)cccc1-c1cccc(-c2ccc3c(c2)oc2ccccc23)n1.[c-]1c(Oc2ccccn2)cccc1-c1cccc(-c2ccc3sc4ccccc4c3c2)n1. The second-order valence-corrected chi connectivity index (χ2v) is 30.9. The van der Waals surface area contributed by atoms with E-state index in [2.05, 4.69) is 247 Å². The second kappa shape index (κ2) is 50.0. The average Bonchev–Trinajstić information content (AvgIpc) is 1.67. The maximum Gasteiger partial charge on any atom is 0.217 e. The van der Waals surface area contributed by atoms with E-state index in [1.54, 1.807) is 99.9 Å². The van der Waals surface area contributed by atoms with Crippen LogP contribution in [0.25, 0.3) is 154 Å². The first-order valence-electron chi connectivity index (χ1n) is 42.2. The number of benzene rings is 12. The van der Waals surface area contributed by atoms with Gasteiger partial charge in [0.1, 0.15) is 11.2 Å². The summed E-state index contributed by atoms with van der Waals surface area (Å²) < 4.78 is 32.0. The largest absolute Gasteiger partial charge is 0.459 e. The van der Waals surface area contributed by atoms with E-state index in [1.807, 2.05) is 260 Å². The van der Waals surface area contributed by atoms with Gasteiger partial charge in [0.25, 0.3) is 0 Å². The summed E-state index contributed by atoms with van der Waals surface area (Å²) in [5, 5.41) is 4.79. The van der Waals surface area contributed by atoms with Crippen molar-refractivity contribution in [3.8, 4) is 159 Å². The van der Waals surface area contributed by atoms with Crippen LogP contribution in [0.5, 0.6) is 46.5 Å². The van der Waals surface area contributed by atoms with Crippen molar-refractivity contribution in [3.05, 3.63) is 461 Å². The zero-order valence-electron chi connectivity index (χ0n) is 72.2. The molecule has 22 aromatic rings. The number of furan rings is 1. The first-order chi connectivity index (χ1) is 67.2. The molecule has 0 aliphatic heterocycles. The van der Waals surface area contributed by atoms with Gasteiger partial charge in [-0.2, -0.15) is 0 Å². The number of fused-ring (bicyclic) bond motifs is 6. The Morgan fingerprint density at radius 2 is 0.551 bits per heavy atom. The Kier molecular flexibility index (Phi) is 35.8. The van der Waals surface area contributed by atoms with Gasteiger partial charge in [-0.15, -0.1) is 106 Å². The first kappa shape index (κ1) is 97.5. The number of hydrogen-bond donors (Lipinski definition) is 0. The van der Waals surface area contributed by atoms with Crippen molar-refractivity contribution in [2.24, 2.45) is 0 Å². The van der Waals surface area contributed by atoms with Crippen LogP contribution in [-0.2, 0) is 75.1 Å². The number of thiophene rings is 1. The van der Waals surface area contributed by atoms with E-state index in [4.69, 9.17) is 43.3 Å². The molecule has 13 nitrogen and oxygen atoms in total. The van der Waals surface area contributed by atoms with E-state index in [1.165, 1.54) is 53.6 Å². The van der Waals surface area contributed by atoms with E-state index in [0.717, 1.165) is 112 Å². The van der Waals surface area contributed by atoms with Crippen LogP contribution < -0.4 is 18.9 Å². The van der Waals surface area contributed by atoms with Gasteiger partial charge in [-0.1, -0.05) is 243 Å². The van der Waals surface area contributed by atoms with Crippen molar-refractivity contribution in [1.82, 2.24) is 39.9 Å². The van der Waals surface area contributed by atoms with Gasteiger partial charge in [-0.3, -0.25) is 19.9 Å². The van der Waals surface area contributed by atoms with Gasteiger partial charge >= 0.3 is 113 Å². The van der Waals surface area contributed by atoms with Crippen molar-refractivity contribution in [1.29, 1.82) is 0 Å². The molecule has 0 bridgehead atoms. The van der Waals surface area contributed by atoms with Gasteiger partial charge in [0, 0.05) is 114 Å². The molecule has 12 aromatic carbocycles. The molecular weight excluding hydrogens is 2520 g/mol. The predicted octanol–water partition coefficient (Wildman–Crippen LogP) is 32.6. The maximum atomic E-state index is 6.05. The molecule has 136 heavy (non-hydrogen) atoms. The molecule has 0 saturated heterocycles. The van der Waals surface area contributed by atoms with Gasteiger partial charge in [-0.05, 0) is 166 Å². The maximum absolute atomic E-state index is 6.05. The molecule has 0 amide bonds. The summed E-state index contributed by atoms with van der Waals surface area (Å²) in [7, 11) is 18.4. The fraction of sp³-hybridized carbons (Fsp3) is 0.0175. The molecule has 0 saturated carbocycles. The molecule has 0 N–H and O–H groups in total. The predicted molar refractivity (Wildman–Crippen MR) is 537 cm³/mol. The summed E-state index contributed by atoms with van der Waals surface area (Å²) in [6.45, 7) is 4.30. The molecule has 10 heterocycles. The summed E-state index contributed by atoms with van der Waals surface area (Å²) in [5.41, 5.74) is 23.8. The molecule has 0 unspecified atom stereocenters. The molecule has 22 heteroatoms. The summed E-state index contributed by atoms with van der Waals surface area (Å²) in [4.78, 5) is 36.5. The van der Waals surface area contributed by atoms with E-state index in [-0.39, 0.29) is 0 Å². The van der Waals surface area contributed by atoms with Gasteiger partial charge < -0.3 is 23.4 Å². The van der Waals surface area contributed by atoms with E-state index in [9.17, 15) is 0 Å². The quantitative estimate of drug-likeness (QED) is 0.0750. The van der Waals surface area contributed by atoms with E-state index in [0.29, 0.717) is 46.5 Å². The van der Waals surface area contributed by atoms with Crippen LogP contribution >= 0.6 is 49.0 Å². The van der Waals surface area contributed by atoms with Crippen LogP contribution in [0.3, 0.4) is 0 Å². The van der Waals surface area contributed by atoms with Crippen LogP contribution in [-0.4, -0.2) is 39.9 Å². The Labute approximate surface area is 854 Å². The smallest absolute Gasteiger partial charge is 0.217 e. The second-order valence-electron chi connectivity index (χ2n) is 29.8. The van der Waals surface area contributed by atoms with Crippen LogP contribution in [0, 0.1) is 38.1 Å². The number of pyridine rings is 8. The number of nitrogens with zero attached hydrogens (tertiary/aromatic N) is 8. The van der Waals surface area contributed by atoms with Crippen LogP contribution in [0.2, 0.25) is 0 Å². The minimum Gasteiger partial charge on any atom is -0.459 e. The van der Waals surface area contributed by atoms with Crippen molar-refractivity contribution in [3.63, 3.8) is 0 Å². The Hall–Kier alpha value is -13.0. The molecule has 0 aliphatic carbocycles. The summed E-state index contributed by atoms with van der Waals surface area (Å²) in [6.07, 6.45) is 6.81. The summed E-state index contributed by atoms with van der Waals surface area (Å²) in [5.74, 6) is 4.57. The Morgan fingerprint density at radius 3 is 0.985 bits per heavy atom. The normalized spacial score (nSPS) is 10.5. The molecule has 0 atom stereocenters. The average molecular weight is 2590 g/mol. The third kappa shape index (κ3) is 25.6. The van der Waals surface area contributed by atoms with Gasteiger partial charge in [0.2, 0.25) is 23.5 Å². The number of ether oxygens (including phenoxy) is 4. The van der Waals surface area contributed by atoms with Crippen LogP contribution in [0.15, 0.2) is 430 Å². The third-order valence-electron chi connectivity index (χ3n) is 21.1. The van der Waals surface area contributed by atoms with Gasteiger partial charge in [0.15, 0.2) is 0 Å². The number of rotatable bonds is 18. The Morgan fingerprint density at radius 1 is 0.235 bits per heavy atom. The monoisotopic (exact) mass is 2590 g/mol. The van der Waals surface area contributed by atoms with Crippen molar-refractivity contribution >= 4 is 91.1 Å². The minimum atomic E-state index is 0.529. The summed E-state index contributed by atoms with van der Waals surface area (Å²) in [6, 6.07) is 146. The molecule has 676 valence electrons. The zero-order chi connectivity index (χ0) is 94.2. The fourth-order valence-corrected chi connectivity index (χ4v) is 16.2. The topological polar surface area (TPSA) is 153 Å². The number of hydrogen-bond acceptors (Lipinski definition) is 14. The molecule has 0 radical (unpaired) electrons. The number of aromatic nitrogens is 8. The minimum absolute atomic E-state index is 0.529. The standard InChI is InChI=1S/C30H23N2O.C28H17N2O2.C28H17N2OS.C28H19N2O.4ClH.4Pt/c1-21-18-25(23-10-4-3-5-11-23)19-22(2)30(21)28-15-9-14-27(32-28)24-12-8-13-26(20-24)33-29-16-6-7-17-31-29;1-2-12-26-22(9-1)23-15-14-20(18-27(23)32-26)25-11-6-10-24(30-25)19-7-5-8-21(17-19)31-28-13-3-4-16-29-28;1-2-12-26-22(9-1)23-18-20(14-15-27(23)32-26)25-11-6-10-24(30-25)19-7-5-8-21(17-19)31-28-13-3-4-16-29-28;1-2-8-21(9-3-1)22-15-17-23(18-16-22)26-12-7-13-27(30-26)24-10-6-11-25(20-24)31-28-14-4-5-19-29-28;;;;;;;;/h3-19H,1-2H3;2*1-16,18H;1-19H;4*1H;;;;/q4*-1;;;;;4*+2/p-4. The molecule has 10 aromatic heterocycles. The molecule has 22 rings (SSSR count). The Bertz CT molecular complexity index is 7620. The molecule has 0 fully saturated rings. The van der Waals surface area contributed by atoms with Gasteiger partial charge in [0.05, 0.1) is 22.8 Å². The van der Waals surface area contributed by atoms with Crippen LogP contribution in [0.4, 0.5) is 0 Å². The van der Waals surface area contributed by atoms with Crippen LogP contribution in [0.1, 0.15) is 11.1 Å². The third-order valence-corrected chi connectivity index (χ3v) is 22.3. The van der Waals surface area contributed by atoms with E-state index >= 15 is 0 Å².